The summed E-state index contributed by atoms with van der Waals surface area (Å²) in [4.78, 5) is 2.51. The molecule has 54 valence electrons. The summed E-state index contributed by atoms with van der Waals surface area (Å²) in [5.41, 5.74) is 0. The predicted octanol–water partition coefficient (Wildman–Crippen LogP) is 1.74. The predicted molar refractivity (Wildman–Crippen MR) is 40.5 cm³/mol. The molecule has 0 aromatic heterocycles. The van der Waals surface area contributed by atoms with Crippen LogP contribution in [0, 0.1) is 5.92 Å². The smallest absolute Gasteiger partial charge is 0.0110 e. The Kier molecular flexibility index (Phi) is 2.52. The molecule has 1 nitrogen and oxygen atoms in total. The maximum Gasteiger partial charge on any atom is 0.0110 e. The van der Waals surface area contributed by atoms with Crippen LogP contribution in [0.15, 0.2) is 0 Å². The highest BCUT2D eigenvalue weighted by molar-refractivity contribution is 4.74. The van der Waals surface area contributed by atoms with Crippen LogP contribution in [0.1, 0.15) is 26.7 Å². The van der Waals surface area contributed by atoms with Crippen molar-refractivity contribution in [1.82, 2.24) is 4.90 Å². The molecule has 0 spiro atoms. The summed E-state index contributed by atoms with van der Waals surface area (Å²) in [5.74, 6) is 0.965. The van der Waals surface area contributed by atoms with Gasteiger partial charge >= 0.3 is 0 Å². The monoisotopic (exact) mass is 127 g/mol. The van der Waals surface area contributed by atoms with Gasteiger partial charge in [-0.2, -0.15) is 0 Å². The minimum atomic E-state index is 0.965. The van der Waals surface area contributed by atoms with Crippen molar-refractivity contribution in [2.75, 3.05) is 19.6 Å². The molecule has 0 aliphatic carbocycles. The first-order chi connectivity index (χ1) is 4.36. The third kappa shape index (κ3) is 2.35. The van der Waals surface area contributed by atoms with E-state index in [-0.39, 0.29) is 0 Å². The van der Waals surface area contributed by atoms with E-state index in [1.54, 1.807) is 0 Å². The van der Waals surface area contributed by atoms with Gasteiger partial charge in [-0.25, -0.2) is 0 Å². The molecular formula is C8H17N. The van der Waals surface area contributed by atoms with Gasteiger partial charge in [0.05, 0.1) is 0 Å². The van der Waals surface area contributed by atoms with Crippen molar-refractivity contribution in [3.8, 4) is 0 Å². The molecule has 0 aromatic carbocycles. The van der Waals surface area contributed by atoms with Gasteiger partial charge in [0, 0.05) is 19.6 Å². The average molecular weight is 127 g/mol. The van der Waals surface area contributed by atoms with Crippen molar-refractivity contribution < 1.29 is 0 Å². The van der Waals surface area contributed by atoms with E-state index in [0.717, 1.165) is 5.92 Å². The van der Waals surface area contributed by atoms with Crippen LogP contribution in [-0.4, -0.2) is 24.5 Å². The van der Waals surface area contributed by atoms with Crippen LogP contribution in [0.3, 0.4) is 0 Å². The van der Waals surface area contributed by atoms with Crippen molar-refractivity contribution in [2.24, 2.45) is 5.92 Å². The summed E-state index contributed by atoms with van der Waals surface area (Å²) in [6, 6.07) is 0. The largest absolute Gasteiger partial charge is 0.301 e. The molecule has 0 unspecified atom stereocenters. The Labute approximate surface area is 58.0 Å². The lowest BCUT2D eigenvalue weighted by molar-refractivity contribution is 0.387. The van der Waals surface area contributed by atoms with Crippen molar-refractivity contribution in [3.05, 3.63) is 0 Å². The standard InChI is InChI=1S/C8H17N/c1-3-8(4-2)7-9-5-6-9/h8H,3-7H2,1-2H3. The van der Waals surface area contributed by atoms with Gasteiger partial charge in [0.1, 0.15) is 0 Å². The normalized spacial score (nSPS) is 19.0. The number of nitrogens with zero attached hydrogens (tertiary/aromatic N) is 1. The summed E-state index contributed by atoms with van der Waals surface area (Å²) < 4.78 is 0. The van der Waals surface area contributed by atoms with Crippen LogP contribution in [0.2, 0.25) is 0 Å². The third-order valence-electron chi connectivity index (χ3n) is 2.21. The van der Waals surface area contributed by atoms with Gasteiger partial charge in [0.2, 0.25) is 0 Å². The molecule has 1 saturated heterocycles. The van der Waals surface area contributed by atoms with Gasteiger partial charge in [-0.3, -0.25) is 0 Å². The van der Waals surface area contributed by atoms with Crippen LogP contribution in [0.4, 0.5) is 0 Å². The molecule has 9 heavy (non-hydrogen) atoms. The van der Waals surface area contributed by atoms with Gasteiger partial charge in [-0.15, -0.1) is 0 Å². The first-order valence-electron chi connectivity index (χ1n) is 4.09. The number of rotatable bonds is 4. The van der Waals surface area contributed by atoms with E-state index in [0.29, 0.717) is 0 Å². The van der Waals surface area contributed by atoms with Crippen LogP contribution < -0.4 is 0 Å². The molecule has 1 fully saturated rings. The molecule has 1 rings (SSSR count). The van der Waals surface area contributed by atoms with Crippen molar-refractivity contribution in [3.63, 3.8) is 0 Å². The molecule has 0 bridgehead atoms. The van der Waals surface area contributed by atoms with Gasteiger partial charge in [-0.1, -0.05) is 26.7 Å². The van der Waals surface area contributed by atoms with Crippen molar-refractivity contribution in [2.45, 2.75) is 26.7 Å². The molecule has 0 N–H and O–H groups in total. The molecule has 1 aliphatic heterocycles. The molecule has 1 heterocycles. The zero-order valence-corrected chi connectivity index (χ0v) is 6.56. The molecule has 0 amide bonds. The van der Waals surface area contributed by atoms with Crippen molar-refractivity contribution >= 4 is 0 Å². The van der Waals surface area contributed by atoms with Crippen LogP contribution in [0.25, 0.3) is 0 Å². The fourth-order valence-corrected chi connectivity index (χ4v) is 1.17. The number of hydrogen-bond acceptors (Lipinski definition) is 1. The van der Waals surface area contributed by atoms with Gasteiger partial charge < -0.3 is 4.90 Å². The molecule has 0 aromatic rings. The Morgan fingerprint density at radius 1 is 1.22 bits per heavy atom. The molecule has 1 heteroatoms. The van der Waals surface area contributed by atoms with Crippen LogP contribution in [0.5, 0.6) is 0 Å². The Morgan fingerprint density at radius 2 is 1.78 bits per heavy atom. The molecule has 0 atom stereocenters. The molecule has 1 aliphatic rings. The molecule has 0 radical (unpaired) electrons. The highest BCUT2D eigenvalue weighted by Gasteiger charge is 2.19. The molecular weight excluding hydrogens is 110 g/mol. The van der Waals surface area contributed by atoms with Crippen LogP contribution in [-0.2, 0) is 0 Å². The zero-order valence-electron chi connectivity index (χ0n) is 6.56. The fraction of sp³-hybridized carbons (Fsp3) is 1.00. The SMILES string of the molecule is CCC(CC)CN1CC1. The maximum atomic E-state index is 2.51. The van der Waals surface area contributed by atoms with E-state index in [2.05, 4.69) is 18.7 Å². The second-order valence-electron chi connectivity index (χ2n) is 2.98. The first kappa shape index (κ1) is 7.07. The maximum absolute atomic E-state index is 2.51. The summed E-state index contributed by atoms with van der Waals surface area (Å²) >= 11 is 0. The summed E-state index contributed by atoms with van der Waals surface area (Å²) in [6.45, 7) is 8.65. The lowest BCUT2D eigenvalue weighted by Gasteiger charge is -2.11. The molecule has 0 saturated carbocycles. The highest BCUT2D eigenvalue weighted by atomic mass is 15.3. The van der Waals surface area contributed by atoms with E-state index in [4.69, 9.17) is 0 Å². The van der Waals surface area contributed by atoms with E-state index in [9.17, 15) is 0 Å². The second kappa shape index (κ2) is 3.21. The van der Waals surface area contributed by atoms with E-state index in [1.165, 1.54) is 32.5 Å². The highest BCUT2D eigenvalue weighted by Crippen LogP contribution is 2.14. The third-order valence-corrected chi connectivity index (χ3v) is 2.21. The van der Waals surface area contributed by atoms with Gasteiger partial charge in [-0.05, 0) is 5.92 Å². The van der Waals surface area contributed by atoms with Gasteiger partial charge in [0.25, 0.3) is 0 Å². The van der Waals surface area contributed by atoms with E-state index >= 15 is 0 Å². The zero-order chi connectivity index (χ0) is 6.69. The Morgan fingerprint density at radius 3 is 2.11 bits per heavy atom. The van der Waals surface area contributed by atoms with Crippen LogP contribution >= 0.6 is 0 Å². The van der Waals surface area contributed by atoms with Crippen molar-refractivity contribution in [1.29, 1.82) is 0 Å². The Bertz CT molecular complexity index is 72.6. The lowest BCUT2D eigenvalue weighted by Crippen LogP contribution is -2.11. The fourth-order valence-electron chi connectivity index (χ4n) is 1.17. The minimum Gasteiger partial charge on any atom is -0.301 e. The lowest BCUT2D eigenvalue weighted by atomic mass is 10.0. The van der Waals surface area contributed by atoms with Gasteiger partial charge in [0.15, 0.2) is 0 Å². The minimum absolute atomic E-state index is 0.965. The Balaban J connectivity index is 2.05. The first-order valence-corrected chi connectivity index (χ1v) is 4.09. The number of hydrogen-bond donors (Lipinski definition) is 0. The average Bonchev–Trinajstić information content (AvgIpc) is 2.66. The second-order valence-corrected chi connectivity index (χ2v) is 2.98. The van der Waals surface area contributed by atoms with E-state index < -0.39 is 0 Å². The van der Waals surface area contributed by atoms with E-state index in [1.807, 2.05) is 0 Å². The Hall–Kier alpha value is -0.0400. The summed E-state index contributed by atoms with van der Waals surface area (Å²) in [5, 5.41) is 0. The topological polar surface area (TPSA) is 3.01 Å². The summed E-state index contributed by atoms with van der Waals surface area (Å²) in [7, 11) is 0. The summed E-state index contributed by atoms with van der Waals surface area (Å²) in [6.07, 6.45) is 2.71. The quantitative estimate of drug-likeness (QED) is 0.520.